The van der Waals surface area contributed by atoms with Gasteiger partial charge in [0, 0.05) is 37.6 Å². The SMILES string of the molecule is CCC1CN(Cc2nn(CC)c3ccccc23)CCC1N. The standard InChI is InChI=1S/C17H26N4/c1-3-13-11-20(10-9-15(13)18)12-16-14-7-5-6-8-17(14)21(4-2)19-16/h5-8,13,15H,3-4,9-12,18H2,1-2H3. The Labute approximate surface area is 126 Å². The van der Waals surface area contributed by atoms with Crippen molar-refractivity contribution < 1.29 is 0 Å². The summed E-state index contributed by atoms with van der Waals surface area (Å²) < 4.78 is 2.11. The number of likely N-dealkylation sites (tertiary alicyclic amines) is 1. The maximum atomic E-state index is 6.21. The molecule has 3 rings (SSSR count). The molecule has 2 aromatic rings. The van der Waals surface area contributed by atoms with Crippen LogP contribution in [0.25, 0.3) is 10.9 Å². The van der Waals surface area contributed by atoms with Crippen molar-refractivity contribution in [3.8, 4) is 0 Å². The highest BCUT2D eigenvalue weighted by Crippen LogP contribution is 2.23. The quantitative estimate of drug-likeness (QED) is 0.940. The molecule has 1 aliphatic rings. The van der Waals surface area contributed by atoms with Gasteiger partial charge in [0.05, 0.1) is 11.2 Å². The molecule has 1 aromatic carbocycles. The van der Waals surface area contributed by atoms with Gasteiger partial charge in [0.25, 0.3) is 0 Å². The summed E-state index contributed by atoms with van der Waals surface area (Å²) >= 11 is 0. The summed E-state index contributed by atoms with van der Waals surface area (Å²) in [6.45, 7) is 8.45. The molecule has 4 nitrogen and oxygen atoms in total. The minimum atomic E-state index is 0.371. The molecular formula is C17H26N4. The lowest BCUT2D eigenvalue weighted by Crippen LogP contribution is -2.46. The fourth-order valence-electron chi connectivity index (χ4n) is 3.47. The zero-order valence-corrected chi connectivity index (χ0v) is 13.1. The molecule has 0 saturated carbocycles. The molecule has 1 saturated heterocycles. The van der Waals surface area contributed by atoms with Gasteiger partial charge in [-0.25, -0.2) is 0 Å². The normalized spacial score (nSPS) is 23.8. The Hall–Kier alpha value is -1.39. The van der Waals surface area contributed by atoms with E-state index in [1.807, 2.05) is 0 Å². The highest BCUT2D eigenvalue weighted by Gasteiger charge is 2.26. The van der Waals surface area contributed by atoms with Crippen LogP contribution >= 0.6 is 0 Å². The van der Waals surface area contributed by atoms with Gasteiger partial charge >= 0.3 is 0 Å². The van der Waals surface area contributed by atoms with Crippen molar-refractivity contribution in [1.82, 2.24) is 14.7 Å². The smallest absolute Gasteiger partial charge is 0.0843 e. The van der Waals surface area contributed by atoms with Gasteiger partial charge in [0.2, 0.25) is 0 Å². The van der Waals surface area contributed by atoms with Gasteiger partial charge < -0.3 is 5.73 Å². The second kappa shape index (κ2) is 6.16. The number of fused-ring (bicyclic) bond motifs is 1. The highest BCUT2D eigenvalue weighted by atomic mass is 15.3. The molecule has 1 aliphatic heterocycles. The fourth-order valence-corrected chi connectivity index (χ4v) is 3.47. The number of nitrogens with two attached hydrogens (primary N) is 1. The molecule has 0 amide bonds. The second-order valence-electron chi connectivity index (χ2n) is 6.14. The molecule has 0 bridgehead atoms. The third-order valence-electron chi connectivity index (χ3n) is 4.81. The summed E-state index contributed by atoms with van der Waals surface area (Å²) in [6, 6.07) is 8.92. The van der Waals surface area contributed by atoms with Crippen molar-refractivity contribution >= 4 is 10.9 Å². The fraction of sp³-hybridized carbons (Fsp3) is 0.588. The van der Waals surface area contributed by atoms with Crippen LogP contribution in [0.2, 0.25) is 0 Å². The number of piperidine rings is 1. The summed E-state index contributed by atoms with van der Waals surface area (Å²) in [5.74, 6) is 0.623. The zero-order valence-electron chi connectivity index (χ0n) is 13.1. The molecule has 2 N–H and O–H groups in total. The van der Waals surface area contributed by atoms with Crippen molar-refractivity contribution in [1.29, 1.82) is 0 Å². The van der Waals surface area contributed by atoms with Crippen molar-refractivity contribution in [2.75, 3.05) is 13.1 Å². The zero-order chi connectivity index (χ0) is 14.8. The third-order valence-corrected chi connectivity index (χ3v) is 4.81. The lowest BCUT2D eigenvalue weighted by atomic mass is 9.90. The van der Waals surface area contributed by atoms with E-state index >= 15 is 0 Å². The first-order valence-corrected chi connectivity index (χ1v) is 8.15. The van der Waals surface area contributed by atoms with E-state index in [1.165, 1.54) is 23.0 Å². The first-order chi connectivity index (χ1) is 10.2. The minimum absolute atomic E-state index is 0.371. The second-order valence-corrected chi connectivity index (χ2v) is 6.14. The lowest BCUT2D eigenvalue weighted by Gasteiger charge is -2.36. The Kier molecular flexibility index (Phi) is 4.27. The molecule has 1 aromatic heterocycles. The number of benzene rings is 1. The summed E-state index contributed by atoms with van der Waals surface area (Å²) in [4.78, 5) is 2.52. The monoisotopic (exact) mass is 286 g/mol. The van der Waals surface area contributed by atoms with Gasteiger partial charge in [-0.05, 0) is 25.3 Å². The van der Waals surface area contributed by atoms with E-state index in [9.17, 15) is 0 Å². The highest BCUT2D eigenvalue weighted by molar-refractivity contribution is 5.81. The Balaban J connectivity index is 1.82. The van der Waals surface area contributed by atoms with Crippen molar-refractivity contribution in [2.45, 2.75) is 45.8 Å². The molecule has 0 spiro atoms. The topological polar surface area (TPSA) is 47.1 Å². The van der Waals surface area contributed by atoms with Gasteiger partial charge in [-0.1, -0.05) is 31.5 Å². The molecule has 1 fully saturated rings. The van der Waals surface area contributed by atoms with Gasteiger partial charge in [-0.15, -0.1) is 0 Å². The van der Waals surface area contributed by atoms with Crippen LogP contribution in [0.5, 0.6) is 0 Å². The Morgan fingerprint density at radius 1 is 1.29 bits per heavy atom. The van der Waals surface area contributed by atoms with Gasteiger partial charge in [0.1, 0.15) is 0 Å². The van der Waals surface area contributed by atoms with E-state index in [-0.39, 0.29) is 0 Å². The summed E-state index contributed by atoms with van der Waals surface area (Å²) in [7, 11) is 0. The van der Waals surface area contributed by atoms with Gasteiger partial charge in [-0.3, -0.25) is 9.58 Å². The van der Waals surface area contributed by atoms with Crippen LogP contribution in [-0.2, 0) is 13.1 Å². The first kappa shape index (κ1) is 14.5. The number of para-hydroxylation sites is 1. The minimum Gasteiger partial charge on any atom is -0.327 e. The Bertz CT molecular complexity index is 604. The van der Waals surface area contributed by atoms with Gasteiger partial charge in [-0.2, -0.15) is 5.10 Å². The molecule has 0 radical (unpaired) electrons. The number of hydrogen-bond donors (Lipinski definition) is 1. The number of hydrogen-bond acceptors (Lipinski definition) is 3. The molecule has 2 unspecified atom stereocenters. The predicted molar refractivity (Wildman–Crippen MR) is 87.1 cm³/mol. The Morgan fingerprint density at radius 3 is 2.86 bits per heavy atom. The average molecular weight is 286 g/mol. The number of aryl methyl sites for hydroxylation is 1. The first-order valence-electron chi connectivity index (χ1n) is 8.15. The van der Waals surface area contributed by atoms with Crippen molar-refractivity contribution in [2.24, 2.45) is 11.7 Å². The van der Waals surface area contributed by atoms with E-state index in [4.69, 9.17) is 10.8 Å². The molecule has 2 heterocycles. The molecule has 4 heteroatoms. The van der Waals surface area contributed by atoms with Crippen LogP contribution in [0.3, 0.4) is 0 Å². The molecule has 21 heavy (non-hydrogen) atoms. The van der Waals surface area contributed by atoms with Crippen LogP contribution < -0.4 is 5.73 Å². The average Bonchev–Trinajstić information content (AvgIpc) is 2.87. The van der Waals surface area contributed by atoms with E-state index in [2.05, 4.69) is 47.7 Å². The van der Waals surface area contributed by atoms with E-state index < -0.39 is 0 Å². The number of rotatable bonds is 4. The molecule has 2 atom stereocenters. The Morgan fingerprint density at radius 2 is 2.10 bits per heavy atom. The van der Waals surface area contributed by atoms with Crippen LogP contribution in [-0.4, -0.2) is 33.8 Å². The van der Waals surface area contributed by atoms with E-state index in [1.54, 1.807) is 0 Å². The van der Waals surface area contributed by atoms with E-state index in [0.717, 1.165) is 32.6 Å². The maximum absolute atomic E-state index is 6.21. The molecule has 0 aliphatic carbocycles. The number of aromatic nitrogens is 2. The van der Waals surface area contributed by atoms with Gasteiger partial charge in [0.15, 0.2) is 0 Å². The van der Waals surface area contributed by atoms with Crippen LogP contribution in [0.4, 0.5) is 0 Å². The third kappa shape index (κ3) is 2.83. The van der Waals surface area contributed by atoms with Crippen LogP contribution in [0, 0.1) is 5.92 Å². The maximum Gasteiger partial charge on any atom is 0.0843 e. The lowest BCUT2D eigenvalue weighted by molar-refractivity contribution is 0.144. The largest absolute Gasteiger partial charge is 0.327 e. The summed E-state index contributed by atoms with van der Waals surface area (Å²) in [5.41, 5.74) is 8.67. The molecular weight excluding hydrogens is 260 g/mol. The van der Waals surface area contributed by atoms with Crippen molar-refractivity contribution in [3.63, 3.8) is 0 Å². The summed E-state index contributed by atoms with van der Waals surface area (Å²) in [6.07, 6.45) is 2.27. The predicted octanol–water partition coefficient (Wildman–Crippen LogP) is 2.62. The van der Waals surface area contributed by atoms with Crippen LogP contribution in [0.15, 0.2) is 24.3 Å². The number of nitrogens with zero attached hydrogens (tertiary/aromatic N) is 3. The van der Waals surface area contributed by atoms with Crippen LogP contribution in [0.1, 0.15) is 32.4 Å². The molecule has 114 valence electrons. The van der Waals surface area contributed by atoms with Crippen molar-refractivity contribution in [3.05, 3.63) is 30.0 Å². The summed E-state index contributed by atoms with van der Waals surface area (Å²) in [5, 5.41) is 6.11. The van der Waals surface area contributed by atoms with E-state index in [0.29, 0.717) is 12.0 Å².